The fourth-order valence-corrected chi connectivity index (χ4v) is 7.32. The van der Waals surface area contributed by atoms with Crippen molar-refractivity contribution < 1.29 is 27.1 Å². The van der Waals surface area contributed by atoms with Gasteiger partial charge in [0, 0.05) is 13.1 Å². The second-order valence-electron chi connectivity index (χ2n) is 7.22. The minimum atomic E-state index is -3.67. The molecule has 1 aliphatic heterocycles. The molecule has 0 radical (unpaired) electrons. The molecule has 1 fully saturated rings. The molecule has 32 heavy (non-hydrogen) atoms. The molecule has 0 aliphatic carbocycles. The highest BCUT2D eigenvalue weighted by atomic mass is 32.2. The Labute approximate surface area is 191 Å². The third kappa shape index (κ3) is 4.40. The van der Waals surface area contributed by atoms with Crippen molar-refractivity contribution in [2.75, 3.05) is 20.2 Å². The summed E-state index contributed by atoms with van der Waals surface area (Å²) in [4.78, 5) is 29.2. The molecule has 0 spiro atoms. The molecule has 170 valence electrons. The van der Waals surface area contributed by atoms with Crippen LogP contribution in [-0.2, 0) is 30.9 Å². The van der Waals surface area contributed by atoms with Crippen LogP contribution in [0.25, 0.3) is 10.2 Å². The Bertz CT molecular complexity index is 1330. The number of esters is 1. The first-order chi connectivity index (χ1) is 15.3. The van der Waals surface area contributed by atoms with Gasteiger partial charge in [-0.3, -0.25) is 9.59 Å². The predicted molar refractivity (Wildman–Crippen MR) is 118 cm³/mol. The Morgan fingerprint density at radius 3 is 2.81 bits per heavy atom. The number of ether oxygens (including phenoxy) is 1. The lowest BCUT2D eigenvalue weighted by Crippen LogP contribution is -2.42. The van der Waals surface area contributed by atoms with Crippen LogP contribution in [0.3, 0.4) is 0 Å². The van der Waals surface area contributed by atoms with E-state index in [9.17, 15) is 22.4 Å². The topological polar surface area (TPSA) is 98.0 Å². The van der Waals surface area contributed by atoms with Gasteiger partial charge in [0.1, 0.15) is 16.6 Å². The molecule has 12 heteroatoms. The number of thiophene rings is 1. The van der Waals surface area contributed by atoms with Crippen LogP contribution in [0, 0.1) is 11.7 Å². The highest BCUT2D eigenvalue weighted by Gasteiger charge is 2.34. The molecule has 3 aromatic rings. The lowest BCUT2D eigenvalue weighted by atomic mass is 9.99. The first-order valence-corrected chi connectivity index (χ1v) is 12.9. The largest absolute Gasteiger partial charge is 0.468 e. The summed E-state index contributed by atoms with van der Waals surface area (Å²) >= 11 is 2.22. The van der Waals surface area contributed by atoms with E-state index in [1.807, 2.05) is 0 Å². The van der Waals surface area contributed by atoms with Gasteiger partial charge in [-0.2, -0.15) is 9.30 Å². The van der Waals surface area contributed by atoms with E-state index in [2.05, 4.69) is 4.99 Å². The Morgan fingerprint density at radius 2 is 2.09 bits per heavy atom. The second-order valence-corrected chi connectivity index (χ2v) is 11.3. The predicted octanol–water partition coefficient (Wildman–Crippen LogP) is 2.60. The lowest BCUT2D eigenvalue weighted by Gasteiger charge is -2.29. The van der Waals surface area contributed by atoms with Crippen molar-refractivity contribution in [3.8, 4) is 0 Å². The van der Waals surface area contributed by atoms with Crippen molar-refractivity contribution in [3.05, 3.63) is 46.3 Å². The van der Waals surface area contributed by atoms with Crippen LogP contribution in [0.15, 0.2) is 44.9 Å². The van der Waals surface area contributed by atoms with Crippen molar-refractivity contribution in [1.29, 1.82) is 0 Å². The highest BCUT2D eigenvalue weighted by molar-refractivity contribution is 7.91. The molecule has 1 aromatic carbocycles. The molecular formula is C20H20FN3O5S3. The molecule has 3 heterocycles. The average molecular weight is 498 g/mol. The van der Waals surface area contributed by atoms with Gasteiger partial charge < -0.3 is 9.30 Å². The summed E-state index contributed by atoms with van der Waals surface area (Å²) in [6.07, 6.45) is 1.02. The quantitative estimate of drug-likeness (QED) is 0.505. The van der Waals surface area contributed by atoms with Crippen LogP contribution in [0.5, 0.6) is 0 Å². The third-order valence-electron chi connectivity index (χ3n) is 5.20. The van der Waals surface area contributed by atoms with Crippen molar-refractivity contribution >= 4 is 54.8 Å². The monoisotopic (exact) mass is 497 g/mol. The molecule has 1 saturated heterocycles. The molecule has 1 atom stereocenters. The summed E-state index contributed by atoms with van der Waals surface area (Å²) < 4.78 is 48.2. The van der Waals surface area contributed by atoms with Crippen LogP contribution in [0.1, 0.15) is 12.8 Å². The van der Waals surface area contributed by atoms with Gasteiger partial charge in [-0.15, -0.1) is 11.3 Å². The zero-order valence-corrected chi connectivity index (χ0v) is 19.5. The number of halogens is 1. The summed E-state index contributed by atoms with van der Waals surface area (Å²) in [7, 11) is -2.44. The Hall–Kier alpha value is -2.41. The van der Waals surface area contributed by atoms with Gasteiger partial charge in [-0.25, -0.2) is 12.8 Å². The third-order valence-corrected chi connectivity index (χ3v) is 9.48. The number of carbonyl (C=O) groups excluding carboxylic acids is 2. The van der Waals surface area contributed by atoms with Crippen molar-refractivity contribution in [1.82, 2.24) is 8.87 Å². The van der Waals surface area contributed by atoms with Crippen LogP contribution in [0.2, 0.25) is 0 Å². The molecular weight excluding hydrogens is 477 g/mol. The maximum absolute atomic E-state index is 14.5. The van der Waals surface area contributed by atoms with E-state index in [1.165, 1.54) is 34.2 Å². The smallest absolute Gasteiger partial charge is 0.325 e. The second kappa shape index (κ2) is 9.22. The van der Waals surface area contributed by atoms with Crippen molar-refractivity contribution in [2.45, 2.75) is 23.6 Å². The van der Waals surface area contributed by atoms with E-state index < -0.39 is 33.6 Å². The maximum Gasteiger partial charge on any atom is 0.325 e. The molecule has 8 nitrogen and oxygen atoms in total. The number of carbonyl (C=O) groups is 2. The van der Waals surface area contributed by atoms with Crippen molar-refractivity contribution in [3.63, 3.8) is 0 Å². The van der Waals surface area contributed by atoms with E-state index in [1.54, 1.807) is 17.5 Å². The minimum Gasteiger partial charge on any atom is -0.468 e. The zero-order valence-electron chi connectivity index (χ0n) is 17.1. The first kappa shape index (κ1) is 22.8. The van der Waals surface area contributed by atoms with Gasteiger partial charge in [0.2, 0.25) is 0 Å². The number of benzene rings is 1. The van der Waals surface area contributed by atoms with E-state index in [0.717, 1.165) is 22.7 Å². The number of para-hydroxylation sites is 1. The van der Waals surface area contributed by atoms with E-state index >= 15 is 0 Å². The summed E-state index contributed by atoms with van der Waals surface area (Å²) in [6.45, 7) is 0.0619. The van der Waals surface area contributed by atoms with E-state index in [4.69, 9.17) is 4.74 Å². The SMILES string of the molecule is COC(=O)Cn1c(=NC(=O)C2CCCN(S(=O)(=O)c3cccs3)C2)sc2cccc(F)c21. The van der Waals surface area contributed by atoms with Crippen LogP contribution < -0.4 is 4.80 Å². The molecule has 0 bridgehead atoms. The number of rotatable bonds is 5. The Morgan fingerprint density at radius 1 is 1.28 bits per heavy atom. The van der Waals surface area contributed by atoms with Gasteiger partial charge in [0.15, 0.2) is 4.80 Å². The highest BCUT2D eigenvalue weighted by Crippen LogP contribution is 2.27. The molecule has 0 saturated carbocycles. The number of sulfonamides is 1. The molecule has 0 N–H and O–H groups in total. The van der Waals surface area contributed by atoms with E-state index in [-0.39, 0.29) is 27.6 Å². The van der Waals surface area contributed by atoms with Gasteiger partial charge in [0.05, 0.1) is 23.2 Å². The summed E-state index contributed by atoms with van der Waals surface area (Å²) in [5.41, 5.74) is 0.167. The number of methoxy groups -OCH3 is 1. The summed E-state index contributed by atoms with van der Waals surface area (Å²) in [6, 6.07) is 7.69. The first-order valence-electron chi connectivity index (χ1n) is 9.78. The van der Waals surface area contributed by atoms with Gasteiger partial charge in [0.25, 0.3) is 15.9 Å². The number of aromatic nitrogens is 1. The van der Waals surface area contributed by atoms with Crippen LogP contribution in [-0.4, -0.2) is 49.4 Å². The van der Waals surface area contributed by atoms with Gasteiger partial charge >= 0.3 is 5.97 Å². The Kier molecular flexibility index (Phi) is 6.56. The number of piperidine rings is 1. The fourth-order valence-electron chi connectivity index (χ4n) is 3.60. The number of fused-ring (bicyclic) bond motifs is 1. The number of hydrogen-bond acceptors (Lipinski definition) is 7. The van der Waals surface area contributed by atoms with Crippen LogP contribution >= 0.6 is 22.7 Å². The number of thiazole rings is 1. The van der Waals surface area contributed by atoms with Crippen LogP contribution in [0.4, 0.5) is 4.39 Å². The van der Waals surface area contributed by atoms with Crippen molar-refractivity contribution in [2.24, 2.45) is 10.9 Å². The number of nitrogens with zero attached hydrogens (tertiary/aromatic N) is 3. The molecule has 1 amide bonds. The standard InChI is InChI=1S/C20H20FN3O5S3/c1-29-16(25)12-24-18-14(21)6-2-7-15(18)31-20(24)22-19(26)13-5-3-9-23(11-13)32(27,28)17-8-4-10-30-17/h2,4,6-8,10,13H,3,5,9,11-12H2,1H3. The Balaban J connectivity index is 1.67. The normalized spacial score (nSPS) is 18.2. The fraction of sp³-hybridized carbons (Fsp3) is 0.350. The molecule has 2 aromatic heterocycles. The average Bonchev–Trinajstić information content (AvgIpc) is 3.44. The molecule has 1 unspecified atom stereocenters. The summed E-state index contributed by atoms with van der Waals surface area (Å²) in [5, 5.41) is 1.69. The molecule has 1 aliphatic rings. The maximum atomic E-state index is 14.5. The summed E-state index contributed by atoms with van der Waals surface area (Å²) in [5.74, 6) is -2.27. The number of amides is 1. The zero-order chi connectivity index (χ0) is 22.9. The molecule has 4 rings (SSSR count). The van der Waals surface area contributed by atoms with Gasteiger partial charge in [-0.05, 0) is 36.4 Å². The lowest BCUT2D eigenvalue weighted by molar-refractivity contribution is -0.141. The van der Waals surface area contributed by atoms with Gasteiger partial charge in [-0.1, -0.05) is 23.5 Å². The van der Waals surface area contributed by atoms with E-state index in [0.29, 0.717) is 24.1 Å². The number of hydrogen-bond donors (Lipinski definition) is 0. The minimum absolute atomic E-state index is 0.0266.